The third-order valence-corrected chi connectivity index (χ3v) is 2.83. The van der Waals surface area contributed by atoms with Crippen molar-refractivity contribution in [1.82, 2.24) is 0 Å². The van der Waals surface area contributed by atoms with Crippen molar-refractivity contribution in [2.75, 3.05) is 0 Å². The molecule has 6 heteroatoms. The number of halogens is 3. The fraction of sp³-hybridized carbons (Fsp3) is 0.462. The van der Waals surface area contributed by atoms with Crippen LogP contribution < -0.4 is 10.5 Å². The lowest BCUT2D eigenvalue weighted by Crippen LogP contribution is -2.31. The number of hydrogen-bond acceptors (Lipinski definition) is 3. The summed E-state index contributed by atoms with van der Waals surface area (Å²) >= 11 is 0. The van der Waals surface area contributed by atoms with Gasteiger partial charge in [0.1, 0.15) is 11.5 Å². The molecule has 2 N–H and O–H groups in total. The first-order valence-corrected chi connectivity index (χ1v) is 5.82. The third-order valence-electron chi connectivity index (χ3n) is 2.83. The highest BCUT2D eigenvalue weighted by Crippen LogP contribution is 2.23. The van der Waals surface area contributed by atoms with Crippen molar-refractivity contribution < 1.29 is 22.7 Å². The predicted octanol–water partition coefficient (Wildman–Crippen LogP) is 2.68. The fourth-order valence-corrected chi connectivity index (χ4v) is 1.46. The summed E-state index contributed by atoms with van der Waals surface area (Å²) < 4.78 is 39.6. The van der Waals surface area contributed by atoms with Crippen molar-refractivity contribution in [3.8, 4) is 5.75 Å². The van der Waals surface area contributed by atoms with E-state index in [0.29, 0.717) is 5.56 Å². The van der Waals surface area contributed by atoms with Gasteiger partial charge in [-0.1, -0.05) is 19.1 Å². The van der Waals surface area contributed by atoms with Gasteiger partial charge in [-0.15, -0.1) is 13.2 Å². The summed E-state index contributed by atoms with van der Waals surface area (Å²) in [7, 11) is 0. The SMILES string of the molecule is CC(N)C(C)C(=O)Cc1ccc(OC(F)(F)F)cc1. The van der Waals surface area contributed by atoms with Crippen molar-refractivity contribution >= 4 is 5.78 Å². The van der Waals surface area contributed by atoms with Crippen LogP contribution in [0.3, 0.4) is 0 Å². The molecule has 106 valence electrons. The summed E-state index contributed by atoms with van der Waals surface area (Å²) in [6, 6.07) is 5.00. The summed E-state index contributed by atoms with van der Waals surface area (Å²) in [5.74, 6) is -0.630. The average Bonchev–Trinajstić information content (AvgIpc) is 2.28. The normalized spacial score (nSPS) is 14.8. The van der Waals surface area contributed by atoms with E-state index in [2.05, 4.69) is 4.74 Å². The Morgan fingerprint density at radius 1 is 1.26 bits per heavy atom. The summed E-state index contributed by atoms with van der Waals surface area (Å²) in [6.07, 6.45) is -4.56. The van der Waals surface area contributed by atoms with E-state index in [1.165, 1.54) is 24.3 Å². The van der Waals surface area contributed by atoms with E-state index in [1.54, 1.807) is 13.8 Å². The molecule has 0 aliphatic carbocycles. The molecule has 0 aromatic heterocycles. The van der Waals surface area contributed by atoms with Crippen LogP contribution in [0.25, 0.3) is 0 Å². The minimum absolute atomic E-state index is 0.0421. The van der Waals surface area contributed by atoms with Crippen LogP contribution in [-0.2, 0) is 11.2 Å². The second-order valence-electron chi connectivity index (χ2n) is 4.48. The smallest absolute Gasteiger partial charge is 0.406 e. The van der Waals surface area contributed by atoms with Gasteiger partial charge < -0.3 is 10.5 Å². The van der Waals surface area contributed by atoms with E-state index in [4.69, 9.17) is 5.73 Å². The number of benzene rings is 1. The number of carbonyl (C=O) groups excluding carboxylic acids is 1. The highest BCUT2D eigenvalue weighted by atomic mass is 19.4. The average molecular weight is 275 g/mol. The Labute approximate surface area is 109 Å². The number of rotatable bonds is 5. The zero-order valence-corrected chi connectivity index (χ0v) is 10.7. The van der Waals surface area contributed by atoms with Crippen molar-refractivity contribution in [3.63, 3.8) is 0 Å². The number of hydrogen-bond donors (Lipinski definition) is 1. The van der Waals surface area contributed by atoms with Crippen molar-refractivity contribution in [1.29, 1.82) is 0 Å². The predicted molar refractivity (Wildman–Crippen MR) is 64.6 cm³/mol. The summed E-state index contributed by atoms with van der Waals surface area (Å²) in [5, 5.41) is 0. The summed E-state index contributed by atoms with van der Waals surface area (Å²) in [5.41, 5.74) is 6.25. The highest BCUT2D eigenvalue weighted by Gasteiger charge is 2.31. The monoisotopic (exact) mass is 275 g/mol. The molecule has 0 bridgehead atoms. The van der Waals surface area contributed by atoms with Gasteiger partial charge in [-0.05, 0) is 24.6 Å². The summed E-state index contributed by atoms with van der Waals surface area (Å²) in [4.78, 5) is 11.8. The van der Waals surface area contributed by atoms with Crippen LogP contribution in [0.15, 0.2) is 24.3 Å². The Bertz CT molecular complexity index is 427. The molecule has 0 saturated heterocycles. The molecule has 0 radical (unpaired) electrons. The molecule has 1 rings (SSSR count). The maximum Gasteiger partial charge on any atom is 0.573 e. The van der Waals surface area contributed by atoms with Crippen molar-refractivity contribution in [2.24, 2.45) is 11.7 Å². The number of Topliss-reactive ketones (excluding diaryl/α,β-unsaturated/α-hetero) is 1. The molecular weight excluding hydrogens is 259 g/mol. The zero-order chi connectivity index (χ0) is 14.6. The largest absolute Gasteiger partial charge is 0.573 e. The van der Waals surface area contributed by atoms with Gasteiger partial charge in [0.05, 0.1) is 0 Å². The standard InChI is InChI=1S/C13H16F3NO2/c1-8(9(2)17)12(18)7-10-3-5-11(6-4-10)19-13(14,15)16/h3-6,8-9H,7,17H2,1-2H3. The lowest BCUT2D eigenvalue weighted by Gasteiger charge is -2.14. The lowest BCUT2D eigenvalue weighted by molar-refractivity contribution is -0.274. The molecule has 3 nitrogen and oxygen atoms in total. The summed E-state index contributed by atoms with van der Waals surface area (Å²) in [6.45, 7) is 3.47. The first-order valence-electron chi connectivity index (χ1n) is 5.82. The molecule has 0 aliphatic rings. The zero-order valence-electron chi connectivity index (χ0n) is 10.7. The Kier molecular flexibility index (Phi) is 4.94. The maximum absolute atomic E-state index is 12.0. The van der Waals surface area contributed by atoms with E-state index in [1.807, 2.05) is 0 Å². The first kappa shape index (κ1) is 15.5. The molecule has 0 aliphatic heterocycles. The van der Waals surface area contributed by atoms with Gasteiger partial charge in [-0.25, -0.2) is 0 Å². The Morgan fingerprint density at radius 3 is 2.21 bits per heavy atom. The van der Waals surface area contributed by atoms with Gasteiger partial charge in [0.25, 0.3) is 0 Å². The van der Waals surface area contributed by atoms with E-state index in [9.17, 15) is 18.0 Å². The second-order valence-corrected chi connectivity index (χ2v) is 4.48. The van der Waals surface area contributed by atoms with Crippen molar-refractivity contribution in [2.45, 2.75) is 32.7 Å². The van der Waals surface area contributed by atoms with Gasteiger partial charge in [-0.3, -0.25) is 4.79 Å². The number of nitrogens with two attached hydrogens (primary N) is 1. The number of ether oxygens (including phenoxy) is 1. The fourth-order valence-electron chi connectivity index (χ4n) is 1.46. The van der Waals surface area contributed by atoms with Crippen LogP contribution in [0.5, 0.6) is 5.75 Å². The van der Waals surface area contributed by atoms with Crippen LogP contribution in [0, 0.1) is 5.92 Å². The number of ketones is 1. The molecule has 0 saturated carbocycles. The highest BCUT2D eigenvalue weighted by molar-refractivity contribution is 5.83. The first-order chi connectivity index (χ1) is 8.69. The topological polar surface area (TPSA) is 52.3 Å². The van der Waals surface area contributed by atoms with Gasteiger partial charge in [0.15, 0.2) is 0 Å². The van der Waals surface area contributed by atoms with Crippen LogP contribution >= 0.6 is 0 Å². The number of alkyl halides is 3. The molecule has 0 heterocycles. The Balaban J connectivity index is 2.65. The van der Waals surface area contributed by atoms with Crippen LogP contribution in [0.1, 0.15) is 19.4 Å². The molecular formula is C13H16F3NO2. The van der Waals surface area contributed by atoms with E-state index < -0.39 is 6.36 Å². The molecule has 2 unspecified atom stereocenters. The van der Waals surface area contributed by atoms with E-state index in [0.717, 1.165) is 0 Å². The molecule has 0 spiro atoms. The van der Waals surface area contributed by atoms with Crippen LogP contribution in [0.4, 0.5) is 13.2 Å². The lowest BCUT2D eigenvalue weighted by atomic mass is 9.94. The van der Waals surface area contributed by atoms with Crippen LogP contribution in [-0.4, -0.2) is 18.2 Å². The third kappa shape index (κ3) is 5.30. The molecule has 0 amide bonds. The molecule has 1 aromatic carbocycles. The Hall–Kier alpha value is -1.56. The number of carbonyl (C=O) groups is 1. The molecule has 19 heavy (non-hydrogen) atoms. The van der Waals surface area contributed by atoms with E-state index >= 15 is 0 Å². The molecule has 1 aromatic rings. The Morgan fingerprint density at radius 2 is 1.79 bits per heavy atom. The van der Waals surface area contributed by atoms with E-state index in [-0.39, 0.29) is 29.9 Å². The van der Waals surface area contributed by atoms with Gasteiger partial charge in [0, 0.05) is 18.4 Å². The molecule has 2 atom stereocenters. The van der Waals surface area contributed by atoms with Crippen LogP contribution in [0.2, 0.25) is 0 Å². The van der Waals surface area contributed by atoms with Gasteiger partial charge in [0.2, 0.25) is 0 Å². The maximum atomic E-state index is 12.0. The minimum Gasteiger partial charge on any atom is -0.406 e. The van der Waals surface area contributed by atoms with Gasteiger partial charge >= 0.3 is 6.36 Å². The van der Waals surface area contributed by atoms with Gasteiger partial charge in [-0.2, -0.15) is 0 Å². The second kappa shape index (κ2) is 6.06. The van der Waals surface area contributed by atoms with Crippen molar-refractivity contribution in [3.05, 3.63) is 29.8 Å². The molecule has 0 fully saturated rings. The quantitative estimate of drug-likeness (QED) is 0.898. The minimum atomic E-state index is -4.71.